The standard InChI is InChI=1S/C12H19N5O/c1-17(9(6-13)7-2-3-7)12(18)11-14-10(15-16-11)8-4-5-8/h7-9H,2-6,13H2,1H3,(H,14,15,16). The number of likely N-dealkylation sites (N-methyl/N-ethyl adjacent to an activating group) is 1. The number of carbonyl (C=O) groups is 1. The Labute approximate surface area is 106 Å². The van der Waals surface area contributed by atoms with Gasteiger partial charge in [-0.25, -0.2) is 4.98 Å². The number of carbonyl (C=O) groups excluding carboxylic acids is 1. The summed E-state index contributed by atoms with van der Waals surface area (Å²) in [6, 6.07) is 0.125. The van der Waals surface area contributed by atoms with Crippen molar-refractivity contribution in [3.05, 3.63) is 11.6 Å². The Kier molecular flexibility index (Phi) is 2.81. The van der Waals surface area contributed by atoms with E-state index in [0.29, 0.717) is 18.4 Å². The van der Waals surface area contributed by atoms with Crippen LogP contribution in [-0.4, -0.2) is 45.6 Å². The minimum Gasteiger partial charge on any atom is -0.334 e. The molecule has 2 aliphatic rings. The first-order valence-electron chi connectivity index (χ1n) is 6.60. The van der Waals surface area contributed by atoms with Gasteiger partial charge in [-0.15, -0.1) is 5.10 Å². The zero-order valence-corrected chi connectivity index (χ0v) is 10.6. The van der Waals surface area contributed by atoms with Gasteiger partial charge in [0.15, 0.2) is 0 Å². The number of H-pyrrole nitrogens is 1. The van der Waals surface area contributed by atoms with E-state index in [1.807, 2.05) is 0 Å². The molecule has 1 heterocycles. The minimum absolute atomic E-state index is 0.125. The van der Waals surface area contributed by atoms with E-state index in [2.05, 4.69) is 15.2 Å². The first-order valence-corrected chi connectivity index (χ1v) is 6.60. The van der Waals surface area contributed by atoms with Crippen LogP contribution in [0.15, 0.2) is 0 Å². The summed E-state index contributed by atoms with van der Waals surface area (Å²) in [7, 11) is 1.80. The van der Waals surface area contributed by atoms with Crippen LogP contribution in [-0.2, 0) is 0 Å². The predicted molar refractivity (Wildman–Crippen MR) is 66.0 cm³/mol. The second kappa shape index (κ2) is 4.35. The molecule has 18 heavy (non-hydrogen) atoms. The molecule has 6 nitrogen and oxygen atoms in total. The predicted octanol–water partition coefficient (Wildman–Crippen LogP) is 0.491. The van der Waals surface area contributed by atoms with Crippen molar-refractivity contribution in [3.8, 4) is 0 Å². The van der Waals surface area contributed by atoms with E-state index in [0.717, 1.165) is 18.7 Å². The second-order valence-corrected chi connectivity index (χ2v) is 5.38. The van der Waals surface area contributed by atoms with Crippen molar-refractivity contribution in [3.63, 3.8) is 0 Å². The molecule has 0 aliphatic heterocycles. The Bertz CT molecular complexity index is 449. The fourth-order valence-corrected chi connectivity index (χ4v) is 2.37. The topological polar surface area (TPSA) is 87.9 Å². The molecule has 0 aromatic carbocycles. The van der Waals surface area contributed by atoms with Crippen LogP contribution in [0.2, 0.25) is 0 Å². The molecule has 1 atom stereocenters. The summed E-state index contributed by atoms with van der Waals surface area (Å²) < 4.78 is 0. The highest BCUT2D eigenvalue weighted by Gasteiger charge is 2.36. The van der Waals surface area contributed by atoms with Crippen molar-refractivity contribution in [2.45, 2.75) is 37.6 Å². The van der Waals surface area contributed by atoms with Crippen molar-refractivity contribution in [1.82, 2.24) is 20.1 Å². The number of nitrogens with zero attached hydrogens (tertiary/aromatic N) is 3. The second-order valence-electron chi connectivity index (χ2n) is 5.38. The van der Waals surface area contributed by atoms with E-state index in [1.54, 1.807) is 11.9 Å². The van der Waals surface area contributed by atoms with Gasteiger partial charge in [0.05, 0.1) is 0 Å². The van der Waals surface area contributed by atoms with Crippen molar-refractivity contribution >= 4 is 5.91 Å². The third-order valence-corrected chi connectivity index (χ3v) is 3.88. The Morgan fingerprint density at radius 3 is 2.78 bits per heavy atom. The maximum absolute atomic E-state index is 12.3. The fourth-order valence-electron chi connectivity index (χ4n) is 2.37. The van der Waals surface area contributed by atoms with Crippen molar-refractivity contribution < 1.29 is 4.79 Å². The Hall–Kier alpha value is -1.43. The molecule has 1 amide bonds. The molecule has 0 bridgehead atoms. The molecule has 3 N–H and O–H groups in total. The summed E-state index contributed by atoms with van der Waals surface area (Å²) >= 11 is 0. The van der Waals surface area contributed by atoms with E-state index in [1.165, 1.54) is 12.8 Å². The van der Waals surface area contributed by atoms with Gasteiger partial charge in [0.1, 0.15) is 5.82 Å². The van der Waals surface area contributed by atoms with Gasteiger partial charge < -0.3 is 10.6 Å². The van der Waals surface area contributed by atoms with Crippen molar-refractivity contribution in [1.29, 1.82) is 0 Å². The Morgan fingerprint density at radius 1 is 1.50 bits per heavy atom. The molecule has 2 saturated carbocycles. The van der Waals surface area contributed by atoms with Gasteiger partial charge in [-0.2, -0.15) is 0 Å². The molecule has 3 rings (SSSR count). The van der Waals surface area contributed by atoms with E-state index in [-0.39, 0.29) is 17.8 Å². The number of rotatable bonds is 5. The van der Waals surface area contributed by atoms with Crippen molar-refractivity contribution in [2.75, 3.05) is 13.6 Å². The lowest BCUT2D eigenvalue weighted by Crippen LogP contribution is -2.43. The molecule has 2 aliphatic carbocycles. The monoisotopic (exact) mass is 249 g/mol. The molecular weight excluding hydrogens is 230 g/mol. The number of aromatic amines is 1. The molecule has 98 valence electrons. The van der Waals surface area contributed by atoms with Crippen LogP contribution < -0.4 is 5.73 Å². The summed E-state index contributed by atoms with van der Waals surface area (Å²) in [6.07, 6.45) is 4.62. The van der Waals surface area contributed by atoms with Crippen LogP contribution in [0.25, 0.3) is 0 Å². The van der Waals surface area contributed by atoms with Crippen molar-refractivity contribution in [2.24, 2.45) is 11.7 Å². The van der Waals surface area contributed by atoms with Gasteiger partial charge in [-0.3, -0.25) is 9.89 Å². The first-order chi connectivity index (χ1) is 8.70. The molecule has 6 heteroatoms. The number of amides is 1. The molecule has 1 aromatic rings. The van der Waals surface area contributed by atoms with Gasteiger partial charge in [0.2, 0.25) is 5.82 Å². The van der Waals surface area contributed by atoms with Crippen LogP contribution in [0.3, 0.4) is 0 Å². The van der Waals surface area contributed by atoms with E-state index >= 15 is 0 Å². The average molecular weight is 249 g/mol. The summed E-state index contributed by atoms with van der Waals surface area (Å²) in [6.45, 7) is 0.507. The smallest absolute Gasteiger partial charge is 0.293 e. The maximum Gasteiger partial charge on any atom is 0.293 e. The summed E-state index contributed by atoms with van der Waals surface area (Å²) in [5, 5.41) is 6.89. The Balaban J connectivity index is 1.71. The largest absolute Gasteiger partial charge is 0.334 e. The van der Waals surface area contributed by atoms with Crippen LogP contribution in [0, 0.1) is 5.92 Å². The lowest BCUT2D eigenvalue weighted by atomic mass is 10.1. The molecule has 0 radical (unpaired) electrons. The van der Waals surface area contributed by atoms with E-state index < -0.39 is 0 Å². The number of hydrogen-bond acceptors (Lipinski definition) is 4. The molecule has 1 aromatic heterocycles. The highest BCUT2D eigenvalue weighted by Crippen LogP contribution is 2.38. The molecular formula is C12H19N5O. The first kappa shape index (κ1) is 11.6. The maximum atomic E-state index is 12.3. The minimum atomic E-state index is -0.125. The van der Waals surface area contributed by atoms with Crippen LogP contribution in [0.5, 0.6) is 0 Å². The number of nitrogens with one attached hydrogen (secondary N) is 1. The highest BCUT2D eigenvalue weighted by atomic mass is 16.2. The van der Waals surface area contributed by atoms with E-state index in [9.17, 15) is 4.79 Å². The van der Waals surface area contributed by atoms with Gasteiger partial charge in [-0.1, -0.05) is 0 Å². The Morgan fingerprint density at radius 2 is 2.22 bits per heavy atom. The van der Waals surface area contributed by atoms with Crippen LogP contribution in [0.4, 0.5) is 0 Å². The normalized spacial score (nSPS) is 20.8. The van der Waals surface area contributed by atoms with Gasteiger partial charge >= 0.3 is 0 Å². The third-order valence-electron chi connectivity index (χ3n) is 3.88. The zero-order chi connectivity index (χ0) is 12.7. The van der Waals surface area contributed by atoms with E-state index in [4.69, 9.17) is 5.73 Å². The summed E-state index contributed by atoms with van der Waals surface area (Å²) in [5.74, 6) is 2.05. The average Bonchev–Trinajstić information content (AvgIpc) is 3.29. The third kappa shape index (κ3) is 2.12. The summed E-state index contributed by atoms with van der Waals surface area (Å²) in [5.41, 5.74) is 5.75. The van der Waals surface area contributed by atoms with Gasteiger partial charge in [-0.05, 0) is 31.6 Å². The van der Waals surface area contributed by atoms with Crippen LogP contribution in [0.1, 0.15) is 48.0 Å². The summed E-state index contributed by atoms with van der Waals surface area (Å²) in [4.78, 5) is 18.3. The fraction of sp³-hybridized carbons (Fsp3) is 0.750. The van der Waals surface area contributed by atoms with Crippen LogP contribution >= 0.6 is 0 Å². The number of nitrogens with two attached hydrogens (primary N) is 1. The number of hydrogen-bond donors (Lipinski definition) is 2. The molecule has 0 saturated heterocycles. The SMILES string of the molecule is CN(C(=O)c1n[nH]c(C2CC2)n1)C(CN)C1CC1. The lowest BCUT2D eigenvalue weighted by molar-refractivity contribution is 0.0706. The molecule has 1 unspecified atom stereocenters. The van der Waals surface area contributed by atoms with Gasteiger partial charge in [0.25, 0.3) is 5.91 Å². The quantitative estimate of drug-likeness (QED) is 0.795. The lowest BCUT2D eigenvalue weighted by Gasteiger charge is -2.25. The molecule has 2 fully saturated rings. The van der Waals surface area contributed by atoms with Gasteiger partial charge in [0, 0.05) is 25.6 Å². The molecule has 0 spiro atoms. The zero-order valence-electron chi connectivity index (χ0n) is 10.6. The highest BCUT2D eigenvalue weighted by molar-refractivity contribution is 5.90. The number of aromatic nitrogens is 3.